The molecule has 0 bridgehead atoms. The van der Waals surface area contributed by atoms with E-state index in [2.05, 4.69) is 35.2 Å². The van der Waals surface area contributed by atoms with E-state index in [1.165, 1.54) is 62.0 Å². The minimum Gasteiger partial charge on any atom is -0.303 e. The van der Waals surface area contributed by atoms with Gasteiger partial charge in [0.2, 0.25) is 0 Å². The molecule has 2 aromatic rings. The van der Waals surface area contributed by atoms with Crippen LogP contribution in [0.3, 0.4) is 0 Å². The van der Waals surface area contributed by atoms with Gasteiger partial charge in [0, 0.05) is 0 Å². The standard InChI is InChI=1S/C22H24N2/c23-16-17-3-5-18(6-4-17)19-7-9-20(10-8-19)22-15-21(22)11-14-24-12-1-2-13-24/h3-10,21-22H,1-2,11-15H2/t21-,22+/m1/s1. The SMILES string of the molecule is N#Cc1ccc(-c2ccc([C@@H]3C[C@H]3CCN3CCCC3)cc2)cc1. The highest BCUT2D eigenvalue weighted by atomic mass is 15.1. The summed E-state index contributed by atoms with van der Waals surface area (Å²) in [4.78, 5) is 2.63. The molecule has 24 heavy (non-hydrogen) atoms. The summed E-state index contributed by atoms with van der Waals surface area (Å²) in [5, 5.41) is 8.89. The van der Waals surface area contributed by atoms with E-state index in [-0.39, 0.29) is 0 Å². The van der Waals surface area contributed by atoms with E-state index in [0.717, 1.165) is 11.8 Å². The average Bonchev–Trinajstić information content (AvgIpc) is 3.23. The molecule has 1 saturated heterocycles. The van der Waals surface area contributed by atoms with Gasteiger partial charge in [-0.05, 0) is 86.0 Å². The third-order valence-electron chi connectivity index (χ3n) is 5.62. The second-order valence-electron chi connectivity index (χ2n) is 7.25. The maximum Gasteiger partial charge on any atom is 0.0991 e. The van der Waals surface area contributed by atoms with Gasteiger partial charge in [-0.2, -0.15) is 5.26 Å². The van der Waals surface area contributed by atoms with Crippen molar-refractivity contribution in [3.8, 4) is 17.2 Å². The summed E-state index contributed by atoms with van der Waals surface area (Å²) in [6, 6.07) is 19.1. The lowest BCUT2D eigenvalue weighted by Crippen LogP contribution is -2.20. The van der Waals surface area contributed by atoms with Crippen molar-refractivity contribution >= 4 is 0 Å². The van der Waals surface area contributed by atoms with Crippen LogP contribution in [0.5, 0.6) is 0 Å². The van der Waals surface area contributed by atoms with Crippen molar-refractivity contribution < 1.29 is 0 Å². The van der Waals surface area contributed by atoms with Gasteiger partial charge in [-0.15, -0.1) is 0 Å². The largest absolute Gasteiger partial charge is 0.303 e. The number of benzene rings is 2. The van der Waals surface area contributed by atoms with Crippen LogP contribution in [0.2, 0.25) is 0 Å². The molecule has 0 aromatic heterocycles. The fourth-order valence-electron chi connectivity index (χ4n) is 3.99. The second kappa shape index (κ2) is 6.79. The number of nitriles is 1. The van der Waals surface area contributed by atoms with Gasteiger partial charge in [-0.25, -0.2) is 0 Å². The van der Waals surface area contributed by atoms with E-state index < -0.39 is 0 Å². The Kier molecular flexibility index (Phi) is 4.36. The summed E-state index contributed by atoms with van der Waals surface area (Å²) in [7, 11) is 0. The Labute approximate surface area is 144 Å². The highest BCUT2D eigenvalue weighted by Gasteiger charge is 2.37. The van der Waals surface area contributed by atoms with Crippen LogP contribution in [0.4, 0.5) is 0 Å². The molecule has 2 aliphatic rings. The summed E-state index contributed by atoms with van der Waals surface area (Å²) in [5.41, 5.74) is 4.63. The first-order chi connectivity index (χ1) is 11.8. The number of hydrogen-bond acceptors (Lipinski definition) is 2. The summed E-state index contributed by atoms with van der Waals surface area (Å²) in [6.45, 7) is 3.93. The number of nitrogens with zero attached hydrogens (tertiary/aromatic N) is 2. The minimum atomic E-state index is 0.717. The number of likely N-dealkylation sites (tertiary alicyclic amines) is 1. The molecule has 2 atom stereocenters. The van der Waals surface area contributed by atoms with Crippen molar-refractivity contribution in [2.75, 3.05) is 19.6 Å². The summed E-state index contributed by atoms with van der Waals surface area (Å²) in [5.74, 6) is 1.67. The molecule has 0 N–H and O–H groups in total. The van der Waals surface area contributed by atoms with E-state index in [4.69, 9.17) is 5.26 Å². The molecular weight excluding hydrogens is 292 g/mol. The van der Waals surface area contributed by atoms with Crippen molar-refractivity contribution in [2.24, 2.45) is 5.92 Å². The lowest BCUT2D eigenvalue weighted by atomic mass is 10.0. The Hall–Kier alpha value is -2.11. The van der Waals surface area contributed by atoms with Crippen LogP contribution in [0.1, 0.15) is 42.7 Å². The van der Waals surface area contributed by atoms with Gasteiger partial charge < -0.3 is 4.90 Å². The van der Waals surface area contributed by atoms with Gasteiger partial charge in [0.15, 0.2) is 0 Å². The molecule has 0 unspecified atom stereocenters. The highest BCUT2D eigenvalue weighted by molar-refractivity contribution is 5.64. The Morgan fingerprint density at radius 1 is 0.917 bits per heavy atom. The molecule has 1 aliphatic carbocycles. The molecule has 122 valence electrons. The van der Waals surface area contributed by atoms with E-state index in [1.807, 2.05) is 24.3 Å². The fraction of sp³-hybridized carbons (Fsp3) is 0.409. The monoisotopic (exact) mass is 316 g/mol. The van der Waals surface area contributed by atoms with E-state index in [9.17, 15) is 0 Å². The van der Waals surface area contributed by atoms with Crippen LogP contribution in [0.25, 0.3) is 11.1 Å². The maximum absolute atomic E-state index is 8.89. The van der Waals surface area contributed by atoms with Crippen molar-refractivity contribution in [3.63, 3.8) is 0 Å². The Balaban J connectivity index is 1.35. The predicted octanol–water partition coefficient (Wildman–Crippen LogP) is 4.81. The lowest BCUT2D eigenvalue weighted by molar-refractivity contribution is 0.325. The molecule has 1 saturated carbocycles. The van der Waals surface area contributed by atoms with Crippen molar-refractivity contribution in [2.45, 2.75) is 31.6 Å². The molecule has 2 fully saturated rings. The molecule has 1 aliphatic heterocycles. The van der Waals surface area contributed by atoms with Gasteiger partial charge in [0.05, 0.1) is 11.6 Å². The maximum atomic E-state index is 8.89. The van der Waals surface area contributed by atoms with Crippen LogP contribution < -0.4 is 0 Å². The summed E-state index contributed by atoms with van der Waals surface area (Å²) >= 11 is 0. The number of rotatable bonds is 5. The Morgan fingerprint density at radius 3 is 2.17 bits per heavy atom. The van der Waals surface area contributed by atoms with Gasteiger partial charge in [0.25, 0.3) is 0 Å². The van der Waals surface area contributed by atoms with Gasteiger partial charge in [-0.1, -0.05) is 36.4 Å². The normalized spacial score (nSPS) is 23.1. The van der Waals surface area contributed by atoms with Crippen molar-refractivity contribution in [1.29, 1.82) is 5.26 Å². The third-order valence-corrected chi connectivity index (χ3v) is 5.62. The second-order valence-corrected chi connectivity index (χ2v) is 7.25. The molecule has 1 heterocycles. The van der Waals surface area contributed by atoms with Crippen LogP contribution >= 0.6 is 0 Å². The summed E-state index contributed by atoms with van der Waals surface area (Å²) in [6.07, 6.45) is 5.52. The van der Waals surface area contributed by atoms with E-state index in [1.54, 1.807) is 0 Å². The van der Waals surface area contributed by atoms with Crippen LogP contribution in [0.15, 0.2) is 48.5 Å². The molecule has 2 nitrogen and oxygen atoms in total. The van der Waals surface area contributed by atoms with E-state index >= 15 is 0 Å². The van der Waals surface area contributed by atoms with Crippen LogP contribution in [-0.2, 0) is 0 Å². The third kappa shape index (κ3) is 3.37. The van der Waals surface area contributed by atoms with E-state index in [0.29, 0.717) is 5.56 Å². The first-order valence-corrected chi connectivity index (χ1v) is 9.16. The predicted molar refractivity (Wildman–Crippen MR) is 97.7 cm³/mol. The smallest absolute Gasteiger partial charge is 0.0991 e. The van der Waals surface area contributed by atoms with Crippen LogP contribution in [0, 0.1) is 17.2 Å². The number of hydrogen-bond donors (Lipinski definition) is 0. The molecule has 0 spiro atoms. The zero-order valence-electron chi connectivity index (χ0n) is 14.1. The zero-order chi connectivity index (χ0) is 16.4. The molecule has 0 amide bonds. The topological polar surface area (TPSA) is 27.0 Å². The average molecular weight is 316 g/mol. The van der Waals surface area contributed by atoms with Crippen LogP contribution in [-0.4, -0.2) is 24.5 Å². The van der Waals surface area contributed by atoms with Gasteiger partial charge >= 0.3 is 0 Å². The van der Waals surface area contributed by atoms with Crippen molar-refractivity contribution in [3.05, 3.63) is 59.7 Å². The first-order valence-electron chi connectivity index (χ1n) is 9.16. The molecule has 2 heteroatoms. The Bertz CT molecular complexity index is 718. The molecule has 4 rings (SSSR count). The van der Waals surface area contributed by atoms with Gasteiger partial charge in [0.1, 0.15) is 0 Å². The lowest BCUT2D eigenvalue weighted by Gasteiger charge is -2.13. The highest BCUT2D eigenvalue weighted by Crippen LogP contribution is 2.49. The molecular formula is C22H24N2. The Morgan fingerprint density at radius 2 is 1.54 bits per heavy atom. The summed E-state index contributed by atoms with van der Waals surface area (Å²) < 4.78 is 0. The fourth-order valence-corrected chi connectivity index (χ4v) is 3.99. The molecule has 0 radical (unpaired) electrons. The quantitative estimate of drug-likeness (QED) is 0.791. The minimum absolute atomic E-state index is 0.717. The first kappa shape index (κ1) is 15.4. The zero-order valence-corrected chi connectivity index (χ0v) is 14.1. The van der Waals surface area contributed by atoms with Gasteiger partial charge in [-0.3, -0.25) is 0 Å². The van der Waals surface area contributed by atoms with Crippen molar-refractivity contribution in [1.82, 2.24) is 4.90 Å². The molecule has 2 aromatic carbocycles.